The molecule has 0 atom stereocenters. The van der Waals surface area contributed by atoms with Crippen molar-refractivity contribution in [3.05, 3.63) is 81.5 Å². The molecular weight excluding hydrogens is 1230 g/mol. The van der Waals surface area contributed by atoms with Crippen LogP contribution in [0.1, 0.15) is 435 Å². The Balaban J connectivity index is 0.991. The molecule has 0 fully saturated rings. The van der Waals surface area contributed by atoms with Crippen LogP contribution in [0.3, 0.4) is 0 Å². The molecule has 4 aromatic heterocycles. The molecule has 3 aromatic carbocycles. The Morgan fingerprint density at radius 2 is 0.458 bits per heavy atom. The van der Waals surface area contributed by atoms with Crippen molar-refractivity contribution >= 4 is 85.7 Å². The van der Waals surface area contributed by atoms with Crippen LogP contribution in [-0.2, 0) is 10.8 Å². The van der Waals surface area contributed by atoms with Gasteiger partial charge in [0.25, 0.3) is 0 Å². The molecule has 96 heavy (non-hydrogen) atoms. The number of hydrogen-bond donors (Lipinski definition) is 0. The summed E-state index contributed by atoms with van der Waals surface area (Å²) in [5.74, 6) is 0. The summed E-state index contributed by atoms with van der Waals surface area (Å²) in [6.07, 6.45) is 84.8. The van der Waals surface area contributed by atoms with Crippen LogP contribution in [0.4, 0.5) is 0 Å². The van der Waals surface area contributed by atoms with Crippen molar-refractivity contribution in [1.29, 1.82) is 0 Å². The molecular formula is C92H142S4. The highest BCUT2D eigenvalue weighted by atomic mass is 32.1. The Morgan fingerprint density at radius 1 is 0.240 bits per heavy atom. The molecule has 9 rings (SSSR count). The molecule has 0 radical (unpaired) electrons. The van der Waals surface area contributed by atoms with Crippen LogP contribution >= 0.6 is 45.3 Å². The summed E-state index contributed by atoms with van der Waals surface area (Å²) >= 11 is 8.34. The van der Waals surface area contributed by atoms with Gasteiger partial charge in [-0.15, -0.1) is 45.3 Å². The molecule has 0 spiro atoms. The van der Waals surface area contributed by atoms with E-state index in [2.05, 4.69) is 110 Å². The van der Waals surface area contributed by atoms with E-state index in [1.807, 2.05) is 22.7 Å². The minimum absolute atomic E-state index is 0.0467. The van der Waals surface area contributed by atoms with Crippen molar-refractivity contribution in [1.82, 2.24) is 0 Å². The fraction of sp³-hybridized carbons (Fsp3) is 0.717. The van der Waals surface area contributed by atoms with Gasteiger partial charge < -0.3 is 0 Å². The maximum Gasteiger partial charge on any atom is 0.0399 e. The van der Waals surface area contributed by atoms with Crippen molar-refractivity contribution in [3.8, 4) is 20.9 Å². The first kappa shape index (κ1) is 77.7. The summed E-state index contributed by atoms with van der Waals surface area (Å²) in [5.41, 5.74) is 10.4. The van der Waals surface area contributed by atoms with Gasteiger partial charge in [0, 0.05) is 39.4 Å². The van der Waals surface area contributed by atoms with Crippen LogP contribution in [0.2, 0.25) is 0 Å². The van der Waals surface area contributed by atoms with E-state index in [9.17, 15) is 0 Å². The Bertz CT molecular complexity index is 2910. The second kappa shape index (κ2) is 44.8. The van der Waals surface area contributed by atoms with E-state index in [1.54, 1.807) is 63.3 Å². The first-order valence-electron chi connectivity index (χ1n) is 42.6. The zero-order chi connectivity index (χ0) is 66.6. The summed E-state index contributed by atoms with van der Waals surface area (Å²) in [6, 6.07) is 21.4. The topological polar surface area (TPSA) is 0 Å². The molecule has 7 aromatic rings. The van der Waals surface area contributed by atoms with Gasteiger partial charge in [-0.3, -0.25) is 0 Å². The fourth-order valence-corrected chi connectivity index (χ4v) is 22.6. The molecule has 534 valence electrons. The molecule has 0 N–H and O–H groups in total. The second-order valence-corrected chi connectivity index (χ2v) is 35.7. The number of hydrogen-bond acceptors (Lipinski definition) is 4. The summed E-state index contributed by atoms with van der Waals surface area (Å²) in [7, 11) is 0. The highest BCUT2D eigenvalue weighted by Gasteiger charge is 2.50. The van der Waals surface area contributed by atoms with Crippen molar-refractivity contribution in [3.63, 3.8) is 0 Å². The highest BCUT2D eigenvalue weighted by Crippen LogP contribution is 2.66. The molecule has 4 heteroatoms. The summed E-state index contributed by atoms with van der Waals surface area (Å²) < 4.78 is 6.06. The van der Waals surface area contributed by atoms with E-state index in [0.29, 0.717) is 0 Å². The predicted molar refractivity (Wildman–Crippen MR) is 440 cm³/mol. The van der Waals surface area contributed by atoms with E-state index >= 15 is 0 Å². The minimum Gasteiger partial charge on any atom is -0.144 e. The van der Waals surface area contributed by atoms with Crippen molar-refractivity contribution in [2.45, 2.75) is 424 Å². The van der Waals surface area contributed by atoms with Crippen LogP contribution in [-0.4, -0.2) is 0 Å². The van der Waals surface area contributed by atoms with Crippen LogP contribution in [0, 0.1) is 0 Å². The van der Waals surface area contributed by atoms with E-state index in [1.165, 1.54) is 405 Å². The number of benzene rings is 3. The summed E-state index contributed by atoms with van der Waals surface area (Å²) in [5, 5.41) is 10.8. The second-order valence-electron chi connectivity index (χ2n) is 31.7. The van der Waals surface area contributed by atoms with E-state index < -0.39 is 0 Å². The molecule has 0 bridgehead atoms. The van der Waals surface area contributed by atoms with Crippen LogP contribution in [0.5, 0.6) is 0 Å². The zero-order valence-electron chi connectivity index (χ0n) is 62.8. The number of rotatable bonds is 60. The molecule has 0 aliphatic heterocycles. The summed E-state index contributed by atoms with van der Waals surface area (Å²) in [4.78, 5) is 3.33. The zero-order valence-corrected chi connectivity index (χ0v) is 66.1. The lowest BCUT2D eigenvalue weighted by molar-refractivity contribution is 0.396. The molecule has 0 nitrogen and oxygen atoms in total. The molecule has 0 saturated heterocycles. The first-order valence-corrected chi connectivity index (χ1v) is 46.0. The van der Waals surface area contributed by atoms with Gasteiger partial charge >= 0.3 is 0 Å². The standard InChI is InChI=1S/C92H142S4/c1-5-9-13-17-21-25-29-33-37-41-45-49-53-57-63-91(64-58-54-50-46-42-38-34-30-26-22-18-14-10-6-2)81-71-78-82(72-77(81)89-87(91)79-73-83-75(61-67-93-83)69-85(79)95-89)92(65-59-55-51-47-43-39-35-31-27-23-19-15-11-7-3,66-60-56-52-48-44-40-36-32-28-24-20-16-12-8-4)88-80-74-84-76(62-68-94-84)70-86(80)96-90(78)88/h61-62,67-74H,5-60,63-66H2,1-4H3. The number of unbranched alkanes of at least 4 members (excludes halogenated alkanes) is 52. The Hall–Kier alpha value is -2.50. The van der Waals surface area contributed by atoms with E-state index in [4.69, 9.17) is 0 Å². The van der Waals surface area contributed by atoms with Crippen molar-refractivity contribution in [2.24, 2.45) is 0 Å². The maximum absolute atomic E-state index is 2.97. The van der Waals surface area contributed by atoms with Gasteiger partial charge in [-0.1, -0.05) is 387 Å². The summed E-state index contributed by atoms with van der Waals surface area (Å²) in [6.45, 7) is 9.36. The highest BCUT2D eigenvalue weighted by molar-refractivity contribution is 7.23. The molecule has 0 saturated carbocycles. The van der Waals surface area contributed by atoms with Gasteiger partial charge in [0.1, 0.15) is 0 Å². The fourth-order valence-electron chi connectivity index (χ4n) is 18.2. The largest absolute Gasteiger partial charge is 0.144 e. The minimum atomic E-state index is 0.0467. The van der Waals surface area contributed by atoms with Crippen LogP contribution < -0.4 is 0 Å². The molecule has 2 aliphatic carbocycles. The molecule has 4 heterocycles. The Labute approximate surface area is 607 Å². The van der Waals surface area contributed by atoms with Gasteiger partial charge in [-0.05, 0) is 140 Å². The lowest BCUT2D eigenvalue weighted by Crippen LogP contribution is -2.27. The Morgan fingerprint density at radius 3 is 0.688 bits per heavy atom. The monoisotopic (exact) mass is 1370 g/mol. The SMILES string of the molecule is CCCCCCCCCCCCCCCCC1(CCCCCCCCCCCCCCCC)c2cc3c(cc2-c2sc4cc5ccsc5cc4c21)C(CCCCCCCCCCCCCCCC)(CCCCCCCCCCCCCCCC)c1c-3sc2cc3ccsc3cc12. The van der Waals surface area contributed by atoms with Gasteiger partial charge in [0.05, 0.1) is 0 Å². The van der Waals surface area contributed by atoms with Crippen LogP contribution in [0.15, 0.2) is 59.3 Å². The average molecular weight is 1380 g/mol. The third-order valence-corrected chi connectivity index (χ3v) is 28.1. The lowest BCUT2D eigenvalue weighted by atomic mass is 9.68. The lowest BCUT2D eigenvalue weighted by Gasteiger charge is -2.35. The van der Waals surface area contributed by atoms with Gasteiger partial charge in [0.15, 0.2) is 0 Å². The predicted octanol–water partition coefficient (Wildman–Crippen LogP) is 34.6. The van der Waals surface area contributed by atoms with Crippen molar-refractivity contribution < 1.29 is 0 Å². The van der Waals surface area contributed by atoms with Gasteiger partial charge in [-0.2, -0.15) is 0 Å². The average Bonchev–Trinajstić information content (AvgIpc) is 1.51. The van der Waals surface area contributed by atoms with Crippen LogP contribution in [0.25, 0.3) is 61.2 Å². The van der Waals surface area contributed by atoms with Crippen molar-refractivity contribution in [2.75, 3.05) is 0 Å². The number of fused-ring (bicyclic) bond motifs is 12. The third-order valence-electron chi connectivity index (χ3n) is 24.0. The first-order chi connectivity index (χ1) is 47.6. The normalized spacial score (nSPS) is 13.8. The van der Waals surface area contributed by atoms with Gasteiger partial charge in [-0.25, -0.2) is 0 Å². The number of thiophene rings is 4. The quantitative estimate of drug-likeness (QED) is 0.0333. The van der Waals surface area contributed by atoms with Gasteiger partial charge in [0.2, 0.25) is 0 Å². The molecule has 0 amide bonds. The molecule has 2 aliphatic rings. The third kappa shape index (κ3) is 22.7. The smallest absolute Gasteiger partial charge is 0.0399 e. The van der Waals surface area contributed by atoms with E-state index in [-0.39, 0.29) is 10.8 Å². The van der Waals surface area contributed by atoms with E-state index in [0.717, 1.165) is 0 Å². The molecule has 0 unspecified atom stereocenters. The maximum atomic E-state index is 2.97. The Kier molecular flexibility index (Phi) is 36.2.